The van der Waals surface area contributed by atoms with Gasteiger partial charge in [0.2, 0.25) is 5.91 Å². The van der Waals surface area contributed by atoms with Gasteiger partial charge in [0, 0.05) is 19.5 Å². The molecule has 0 spiro atoms. The maximum absolute atomic E-state index is 13.0. The molecule has 0 aromatic heterocycles. The summed E-state index contributed by atoms with van der Waals surface area (Å²) in [6.07, 6.45) is 1.30. The lowest BCUT2D eigenvalue weighted by Gasteiger charge is -2.23. The van der Waals surface area contributed by atoms with Crippen molar-refractivity contribution in [3.8, 4) is 0 Å². The van der Waals surface area contributed by atoms with Crippen LogP contribution in [-0.4, -0.2) is 10.8 Å². The quantitative estimate of drug-likeness (QED) is 0.477. The van der Waals surface area contributed by atoms with Crippen LogP contribution < -0.4 is 0 Å². The van der Waals surface area contributed by atoms with Crippen molar-refractivity contribution in [1.29, 1.82) is 0 Å². The van der Waals surface area contributed by atoms with Crippen LogP contribution in [0.1, 0.15) is 48.4 Å². The predicted octanol–water partition coefficient (Wildman–Crippen LogP) is 5.97. The van der Waals surface area contributed by atoms with Gasteiger partial charge in [0.1, 0.15) is 0 Å². The molecule has 0 aliphatic carbocycles. The number of aryl methyl sites for hydroxylation is 1. The molecule has 0 aliphatic rings. The highest BCUT2D eigenvalue weighted by Gasteiger charge is 2.15. The number of carbonyl (C=O) groups is 1. The van der Waals surface area contributed by atoms with Crippen molar-refractivity contribution >= 4 is 5.91 Å². The first-order chi connectivity index (χ1) is 13.6. The molecule has 0 fully saturated rings. The highest BCUT2D eigenvalue weighted by molar-refractivity contribution is 5.76. The molecule has 0 bridgehead atoms. The van der Waals surface area contributed by atoms with Crippen LogP contribution in [0.3, 0.4) is 0 Å². The lowest BCUT2D eigenvalue weighted by Crippen LogP contribution is -2.30. The first kappa shape index (κ1) is 19.9. The van der Waals surface area contributed by atoms with E-state index in [1.165, 1.54) is 11.1 Å². The fourth-order valence-electron chi connectivity index (χ4n) is 3.32. The van der Waals surface area contributed by atoms with Crippen molar-refractivity contribution < 1.29 is 4.79 Å². The summed E-state index contributed by atoms with van der Waals surface area (Å²) in [5, 5.41) is 0. The molecule has 0 aliphatic heterocycles. The van der Waals surface area contributed by atoms with Crippen LogP contribution in [0, 0.1) is 0 Å². The van der Waals surface area contributed by atoms with E-state index in [1.54, 1.807) is 0 Å². The first-order valence-corrected chi connectivity index (χ1v) is 10.1. The summed E-state index contributed by atoms with van der Waals surface area (Å²) in [6, 6.07) is 29.1. The van der Waals surface area contributed by atoms with Crippen molar-refractivity contribution in [3.63, 3.8) is 0 Å². The Balaban J connectivity index is 1.66. The summed E-state index contributed by atoms with van der Waals surface area (Å²) < 4.78 is 0. The highest BCUT2D eigenvalue weighted by Crippen LogP contribution is 2.17. The Bertz CT molecular complexity index is 812. The molecule has 28 heavy (non-hydrogen) atoms. The first-order valence-electron chi connectivity index (χ1n) is 10.1. The molecule has 0 saturated carbocycles. The SMILES string of the molecule is CC(C)c1ccc(CCC(=O)N(Cc2ccccc2)Cc2ccccc2)cc1. The zero-order valence-electron chi connectivity index (χ0n) is 16.8. The lowest BCUT2D eigenvalue weighted by molar-refractivity contribution is -0.132. The average molecular weight is 372 g/mol. The molecule has 2 heteroatoms. The Hall–Kier alpha value is -2.87. The summed E-state index contributed by atoms with van der Waals surface area (Å²) in [7, 11) is 0. The van der Waals surface area contributed by atoms with E-state index in [2.05, 4.69) is 62.4 Å². The molecule has 0 saturated heterocycles. The molecule has 0 N–H and O–H groups in total. The second kappa shape index (κ2) is 9.89. The van der Waals surface area contributed by atoms with Crippen LogP contribution in [0.25, 0.3) is 0 Å². The van der Waals surface area contributed by atoms with Crippen molar-refractivity contribution in [3.05, 3.63) is 107 Å². The van der Waals surface area contributed by atoms with Crippen molar-refractivity contribution in [1.82, 2.24) is 4.90 Å². The summed E-state index contributed by atoms with van der Waals surface area (Å²) in [4.78, 5) is 15.0. The molecule has 0 atom stereocenters. The van der Waals surface area contributed by atoms with Crippen LogP contribution >= 0.6 is 0 Å². The molecule has 0 radical (unpaired) electrons. The number of nitrogens with zero attached hydrogens (tertiary/aromatic N) is 1. The third kappa shape index (κ3) is 5.82. The number of rotatable bonds is 8. The monoisotopic (exact) mass is 371 g/mol. The molecule has 3 aromatic carbocycles. The number of hydrogen-bond acceptors (Lipinski definition) is 1. The molecule has 144 valence electrons. The minimum Gasteiger partial charge on any atom is -0.334 e. The van der Waals surface area contributed by atoms with Crippen LogP contribution in [0.5, 0.6) is 0 Å². The summed E-state index contributed by atoms with van der Waals surface area (Å²) in [5.74, 6) is 0.726. The van der Waals surface area contributed by atoms with Gasteiger partial charge in [-0.1, -0.05) is 98.8 Å². The highest BCUT2D eigenvalue weighted by atomic mass is 16.2. The van der Waals surface area contributed by atoms with E-state index >= 15 is 0 Å². The summed E-state index contributed by atoms with van der Waals surface area (Å²) >= 11 is 0. The van der Waals surface area contributed by atoms with Crippen LogP contribution in [0.4, 0.5) is 0 Å². The standard InChI is InChI=1S/C26H29NO/c1-21(2)25-16-13-22(14-17-25)15-18-26(28)27(19-23-9-5-3-6-10-23)20-24-11-7-4-8-12-24/h3-14,16-17,21H,15,18-20H2,1-2H3. The number of amides is 1. The molecule has 3 aromatic rings. The average Bonchev–Trinajstić information content (AvgIpc) is 2.73. The fraction of sp³-hybridized carbons (Fsp3) is 0.269. The van der Waals surface area contributed by atoms with Crippen molar-refractivity contribution in [2.45, 2.75) is 45.7 Å². The van der Waals surface area contributed by atoms with Gasteiger partial charge in [-0.3, -0.25) is 4.79 Å². The number of carbonyl (C=O) groups excluding carboxylic acids is 1. The van der Waals surface area contributed by atoms with E-state index < -0.39 is 0 Å². The zero-order valence-corrected chi connectivity index (χ0v) is 16.8. The summed E-state index contributed by atoms with van der Waals surface area (Å²) in [5.41, 5.74) is 4.88. The van der Waals surface area contributed by atoms with Crippen LogP contribution in [0.2, 0.25) is 0 Å². The molecular weight excluding hydrogens is 342 g/mol. The molecular formula is C26H29NO. The van der Waals surface area contributed by atoms with Gasteiger partial charge >= 0.3 is 0 Å². The second-order valence-corrected chi connectivity index (χ2v) is 7.62. The zero-order chi connectivity index (χ0) is 19.8. The molecule has 2 nitrogen and oxygen atoms in total. The van der Waals surface area contributed by atoms with Crippen molar-refractivity contribution in [2.75, 3.05) is 0 Å². The molecule has 0 heterocycles. The number of hydrogen-bond donors (Lipinski definition) is 0. The lowest BCUT2D eigenvalue weighted by atomic mass is 10.00. The second-order valence-electron chi connectivity index (χ2n) is 7.62. The van der Waals surface area contributed by atoms with Gasteiger partial charge in [-0.15, -0.1) is 0 Å². The maximum Gasteiger partial charge on any atom is 0.223 e. The Morgan fingerprint density at radius 2 is 1.21 bits per heavy atom. The summed E-state index contributed by atoms with van der Waals surface area (Å²) in [6.45, 7) is 5.68. The largest absolute Gasteiger partial charge is 0.334 e. The van der Waals surface area contributed by atoms with E-state index in [4.69, 9.17) is 0 Å². The Kier molecular flexibility index (Phi) is 7.02. The number of benzene rings is 3. The van der Waals surface area contributed by atoms with Gasteiger partial charge in [-0.2, -0.15) is 0 Å². The minimum absolute atomic E-state index is 0.195. The van der Waals surface area contributed by atoms with Gasteiger partial charge in [0.15, 0.2) is 0 Å². The Morgan fingerprint density at radius 1 is 0.714 bits per heavy atom. The topological polar surface area (TPSA) is 20.3 Å². The van der Waals surface area contributed by atoms with Crippen LogP contribution in [0.15, 0.2) is 84.9 Å². The normalized spacial score (nSPS) is 10.8. The van der Waals surface area contributed by atoms with Crippen molar-refractivity contribution in [2.24, 2.45) is 0 Å². The van der Waals surface area contributed by atoms with Gasteiger partial charge in [-0.05, 0) is 34.6 Å². The van der Waals surface area contributed by atoms with E-state index in [9.17, 15) is 4.79 Å². The fourth-order valence-corrected chi connectivity index (χ4v) is 3.32. The molecule has 3 rings (SSSR count). The third-order valence-corrected chi connectivity index (χ3v) is 5.06. The smallest absolute Gasteiger partial charge is 0.223 e. The Morgan fingerprint density at radius 3 is 1.68 bits per heavy atom. The maximum atomic E-state index is 13.0. The van der Waals surface area contributed by atoms with E-state index in [0.29, 0.717) is 25.4 Å². The van der Waals surface area contributed by atoms with E-state index in [0.717, 1.165) is 17.5 Å². The molecule has 1 amide bonds. The van der Waals surface area contributed by atoms with E-state index in [-0.39, 0.29) is 5.91 Å². The van der Waals surface area contributed by atoms with Gasteiger partial charge in [0.05, 0.1) is 0 Å². The van der Waals surface area contributed by atoms with Gasteiger partial charge in [0.25, 0.3) is 0 Å². The van der Waals surface area contributed by atoms with Gasteiger partial charge in [-0.25, -0.2) is 0 Å². The van der Waals surface area contributed by atoms with Gasteiger partial charge < -0.3 is 4.90 Å². The minimum atomic E-state index is 0.195. The van der Waals surface area contributed by atoms with Crippen LogP contribution in [-0.2, 0) is 24.3 Å². The Labute approximate surface area is 168 Å². The predicted molar refractivity (Wildman–Crippen MR) is 116 cm³/mol. The van der Waals surface area contributed by atoms with E-state index in [1.807, 2.05) is 41.3 Å². The molecule has 0 unspecified atom stereocenters. The third-order valence-electron chi connectivity index (χ3n) is 5.06.